The fraction of sp³-hybridized carbons (Fsp3) is 0.250. The maximum absolute atomic E-state index is 8.94. The molecule has 1 aliphatic heterocycles. The molecule has 0 spiro atoms. The van der Waals surface area contributed by atoms with Crippen LogP contribution < -0.4 is 14.9 Å². The average Bonchev–Trinajstić information content (AvgIpc) is 2.51. The smallest absolute Gasteiger partial charge is 0.454 e. The van der Waals surface area contributed by atoms with Gasteiger partial charge in [0.25, 0.3) is 0 Å². The summed E-state index contributed by atoms with van der Waals surface area (Å²) < 4.78 is 10.3. The van der Waals surface area contributed by atoms with Crippen LogP contribution in [-0.4, -0.2) is 24.0 Å². The summed E-state index contributed by atoms with van der Waals surface area (Å²) in [7, 11) is -1.46. The normalized spacial score (nSPS) is 13.2. The van der Waals surface area contributed by atoms with Crippen molar-refractivity contribution in [2.24, 2.45) is 0 Å². The van der Waals surface area contributed by atoms with Gasteiger partial charge in [-0.2, -0.15) is 0 Å². The van der Waals surface area contributed by atoms with Crippen LogP contribution in [-0.2, 0) is 0 Å². The van der Waals surface area contributed by atoms with Gasteiger partial charge >= 0.3 is 7.12 Å². The van der Waals surface area contributed by atoms with Crippen molar-refractivity contribution >= 4 is 12.6 Å². The van der Waals surface area contributed by atoms with Crippen LogP contribution in [0, 0.1) is 6.92 Å². The third kappa shape index (κ3) is 1.36. The van der Waals surface area contributed by atoms with Crippen molar-refractivity contribution in [2.45, 2.75) is 6.92 Å². The van der Waals surface area contributed by atoms with Gasteiger partial charge in [0, 0.05) is 0 Å². The maximum Gasteiger partial charge on any atom is 0.488 e. The lowest BCUT2D eigenvalue weighted by Gasteiger charge is -2.04. The first kappa shape index (κ1) is 8.41. The monoisotopic (exact) mass is 180 g/mol. The van der Waals surface area contributed by atoms with E-state index in [0.29, 0.717) is 17.0 Å². The molecule has 4 nitrogen and oxygen atoms in total. The second-order valence-corrected chi connectivity index (χ2v) is 2.95. The molecule has 13 heavy (non-hydrogen) atoms. The average molecular weight is 180 g/mol. The molecule has 0 unspecified atom stereocenters. The van der Waals surface area contributed by atoms with E-state index in [-0.39, 0.29) is 6.79 Å². The Balaban J connectivity index is 2.49. The minimum atomic E-state index is -1.46. The van der Waals surface area contributed by atoms with Crippen molar-refractivity contribution in [2.75, 3.05) is 6.79 Å². The highest BCUT2D eigenvalue weighted by Crippen LogP contribution is 2.33. The number of benzene rings is 1. The molecular weight excluding hydrogens is 171 g/mol. The molecule has 0 saturated heterocycles. The molecule has 2 N–H and O–H groups in total. The van der Waals surface area contributed by atoms with Crippen LogP contribution in [0.4, 0.5) is 0 Å². The molecule has 0 amide bonds. The quantitative estimate of drug-likeness (QED) is 0.566. The maximum atomic E-state index is 8.94. The fourth-order valence-electron chi connectivity index (χ4n) is 1.36. The molecule has 1 aliphatic rings. The number of aryl methyl sites for hydroxylation is 1. The molecule has 5 heteroatoms. The molecule has 0 aliphatic carbocycles. The lowest BCUT2D eigenvalue weighted by molar-refractivity contribution is 0.173. The van der Waals surface area contributed by atoms with E-state index >= 15 is 0 Å². The van der Waals surface area contributed by atoms with E-state index in [4.69, 9.17) is 19.5 Å². The van der Waals surface area contributed by atoms with Crippen molar-refractivity contribution in [1.29, 1.82) is 0 Å². The molecule has 0 atom stereocenters. The van der Waals surface area contributed by atoms with E-state index in [1.807, 2.05) is 6.92 Å². The largest absolute Gasteiger partial charge is 0.488 e. The summed E-state index contributed by atoms with van der Waals surface area (Å²) >= 11 is 0. The SMILES string of the molecule is Cc1cc(B(O)O)cc2c1OCO2. The van der Waals surface area contributed by atoms with Gasteiger partial charge in [-0.15, -0.1) is 0 Å². The number of rotatable bonds is 1. The van der Waals surface area contributed by atoms with E-state index in [1.54, 1.807) is 12.1 Å². The van der Waals surface area contributed by atoms with Gasteiger partial charge in [0.1, 0.15) is 0 Å². The first-order chi connectivity index (χ1) is 6.18. The lowest BCUT2D eigenvalue weighted by atomic mass is 9.79. The van der Waals surface area contributed by atoms with Gasteiger partial charge in [-0.1, -0.05) is 6.07 Å². The van der Waals surface area contributed by atoms with E-state index in [1.165, 1.54) is 0 Å². The Morgan fingerprint density at radius 3 is 2.77 bits per heavy atom. The van der Waals surface area contributed by atoms with Crippen LogP contribution in [0.1, 0.15) is 5.56 Å². The second-order valence-electron chi connectivity index (χ2n) is 2.95. The topological polar surface area (TPSA) is 58.9 Å². The number of hydrogen-bond donors (Lipinski definition) is 2. The number of ether oxygens (including phenoxy) is 2. The zero-order chi connectivity index (χ0) is 9.42. The van der Waals surface area contributed by atoms with Crippen LogP contribution in [0.2, 0.25) is 0 Å². The Morgan fingerprint density at radius 2 is 2.08 bits per heavy atom. The van der Waals surface area contributed by atoms with Gasteiger partial charge < -0.3 is 19.5 Å². The molecule has 68 valence electrons. The summed E-state index contributed by atoms with van der Waals surface area (Å²) in [6.07, 6.45) is 0. The highest BCUT2D eigenvalue weighted by molar-refractivity contribution is 6.58. The molecule has 0 aromatic heterocycles. The summed E-state index contributed by atoms with van der Waals surface area (Å²) in [5.41, 5.74) is 1.26. The van der Waals surface area contributed by atoms with E-state index in [2.05, 4.69) is 0 Å². The summed E-state index contributed by atoms with van der Waals surface area (Å²) in [6.45, 7) is 2.03. The van der Waals surface area contributed by atoms with Gasteiger partial charge in [-0.25, -0.2) is 0 Å². The van der Waals surface area contributed by atoms with E-state index < -0.39 is 7.12 Å². The van der Waals surface area contributed by atoms with Crippen molar-refractivity contribution in [3.63, 3.8) is 0 Å². The van der Waals surface area contributed by atoms with E-state index in [0.717, 1.165) is 5.56 Å². The van der Waals surface area contributed by atoms with Crippen LogP contribution in [0.25, 0.3) is 0 Å². The first-order valence-electron chi connectivity index (χ1n) is 3.95. The van der Waals surface area contributed by atoms with Crippen molar-refractivity contribution < 1.29 is 19.5 Å². The molecule has 2 rings (SSSR count). The fourth-order valence-corrected chi connectivity index (χ4v) is 1.36. The Kier molecular flexibility index (Phi) is 1.90. The summed E-state index contributed by atoms with van der Waals surface area (Å²) in [5.74, 6) is 1.26. The van der Waals surface area contributed by atoms with Gasteiger partial charge in [-0.05, 0) is 24.0 Å². The molecule has 0 saturated carbocycles. The van der Waals surface area contributed by atoms with Crippen LogP contribution in [0.15, 0.2) is 12.1 Å². The Hall–Kier alpha value is -1.20. The third-order valence-electron chi connectivity index (χ3n) is 1.98. The molecule has 0 radical (unpaired) electrons. The third-order valence-corrected chi connectivity index (χ3v) is 1.98. The zero-order valence-corrected chi connectivity index (χ0v) is 7.15. The molecular formula is C8H9BO4. The highest BCUT2D eigenvalue weighted by Gasteiger charge is 2.20. The number of hydrogen-bond acceptors (Lipinski definition) is 4. The minimum Gasteiger partial charge on any atom is -0.454 e. The lowest BCUT2D eigenvalue weighted by Crippen LogP contribution is -2.29. The zero-order valence-electron chi connectivity index (χ0n) is 7.15. The predicted molar refractivity (Wildman–Crippen MR) is 47.1 cm³/mol. The van der Waals surface area contributed by atoms with Crippen molar-refractivity contribution in [3.05, 3.63) is 17.7 Å². The first-order valence-corrected chi connectivity index (χ1v) is 3.95. The highest BCUT2D eigenvalue weighted by atomic mass is 16.7. The van der Waals surface area contributed by atoms with Gasteiger partial charge in [-0.3, -0.25) is 0 Å². The predicted octanol–water partition coefficient (Wildman–Crippen LogP) is -0.596. The van der Waals surface area contributed by atoms with E-state index in [9.17, 15) is 0 Å². The van der Waals surface area contributed by atoms with Gasteiger partial charge in [0.15, 0.2) is 11.5 Å². The molecule has 1 aromatic carbocycles. The van der Waals surface area contributed by atoms with Crippen molar-refractivity contribution in [1.82, 2.24) is 0 Å². The Labute approximate surface area is 75.9 Å². The van der Waals surface area contributed by atoms with Gasteiger partial charge in [0.2, 0.25) is 6.79 Å². The standard InChI is InChI=1S/C8H9BO4/c1-5-2-6(9(10)11)3-7-8(5)13-4-12-7/h2-3,10-11H,4H2,1H3. The summed E-state index contributed by atoms with van der Waals surface area (Å²) in [4.78, 5) is 0. The summed E-state index contributed by atoms with van der Waals surface area (Å²) in [6, 6.07) is 3.23. The number of fused-ring (bicyclic) bond motifs is 1. The Morgan fingerprint density at radius 1 is 1.31 bits per heavy atom. The molecule has 1 aromatic rings. The van der Waals surface area contributed by atoms with Crippen LogP contribution in [0.5, 0.6) is 11.5 Å². The molecule has 0 fully saturated rings. The summed E-state index contributed by atoms with van der Waals surface area (Å²) in [5, 5.41) is 17.9. The van der Waals surface area contributed by atoms with Crippen LogP contribution in [0.3, 0.4) is 0 Å². The Bertz CT molecular complexity index is 337. The molecule has 0 bridgehead atoms. The second kappa shape index (κ2) is 2.94. The van der Waals surface area contributed by atoms with Crippen molar-refractivity contribution in [3.8, 4) is 11.5 Å². The molecule has 1 heterocycles. The minimum absolute atomic E-state index is 0.196. The van der Waals surface area contributed by atoms with Crippen LogP contribution >= 0.6 is 0 Å². The van der Waals surface area contributed by atoms with Gasteiger partial charge in [0.05, 0.1) is 0 Å².